The van der Waals surface area contributed by atoms with Crippen LogP contribution < -0.4 is 0 Å². The van der Waals surface area contributed by atoms with Crippen LogP contribution in [-0.2, 0) is 0 Å². The van der Waals surface area contributed by atoms with Crippen molar-refractivity contribution in [3.8, 4) is 0 Å². The van der Waals surface area contributed by atoms with Crippen molar-refractivity contribution in [2.45, 2.75) is 6.42 Å². The van der Waals surface area contributed by atoms with Gasteiger partial charge in [-0.05, 0) is 38.6 Å². The summed E-state index contributed by atoms with van der Waals surface area (Å²) in [6.45, 7) is 0.928. The SMILES string of the molecule is CN(C)CC1C=C(F)C=CC1. The van der Waals surface area contributed by atoms with Gasteiger partial charge in [-0.25, -0.2) is 4.39 Å². The summed E-state index contributed by atoms with van der Waals surface area (Å²) >= 11 is 0. The molecule has 0 spiro atoms. The number of hydrogen-bond donors (Lipinski definition) is 0. The van der Waals surface area contributed by atoms with Crippen molar-refractivity contribution in [3.63, 3.8) is 0 Å². The quantitative estimate of drug-likeness (QED) is 0.589. The Morgan fingerprint density at radius 1 is 1.64 bits per heavy atom. The molecule has 1 unspecified atom stereocenters. The first-order valence-electron chi connectivity index (χ1n) is 3.87. The van der Waals surface area contributed by atoms with Gasteiger partial charge in [-0.15, -0.1) is 0 Å². The number of hydrogen-bond acceptors (Lipinski definition) is 1. The molecule has 0 saturated heterocycles. The molecule has 11 heavy (non-hydrogen) atoms. The van der Waals surface area contributed by atoms with Crippen LogP contribution in [-0.4, -0.2) is 25.5 Å². The Balaban J connectivity index is 2.44. The third kappa shape index (κ3) is 2.85. The minimum atomic E-state index is -0.0944. The van der Waals surface area contributed by atoms with Crippen LogP contribution in [0.25, 0.3) is 0 Å². The molecule has 2 heteroatoms. The summed E-state index contributed by atoms with van der Waals surface area (Å²) in [6.07, 6.45) is 6.08. The van der Waals surface area contributed by atoms with Crippen LogP contribution in [0.3, 0.4) is 0 Å². The average molecular weight is 155 g/mol. The second kappa shape index (κ2) is 3.67. The van der Waals surface area contributed by atoms with Gasteiger partial charge in [0.25, 0.3) is 0 Å². The van der Waals surface area contributed by atoms with E-state index in [0.717, 1.165) is 13.0 Å². The lowest BCUT2D eigenvalue weighted by molar-refractivity contribution is 0.355. The van der Waals surface area contributed by atoms with Crippen LogP contribution in [0.2, 0.25) is 0 Å². The van der Waals surface area contributed by atoms with Gasteiger partial charge in [0.15, 0.2) is 0 Å². The van der Waals surface area contributed by atoms with Crippen molar-refractivity contribution in [1.29, 1.82) is 0 Å². The fourth-order valence-electron chi connectivity index (χ4n) is 1.30. The highest BCUT2D eigenvalue weighted by atomic mass is 19.1. The van der Waals surface area contributed by atoms with Gasteiger partial charge in [0.2, 0.25) is 0 Å². The molecule has 0 aliphatic heterocycles. The lowest BCUT2D eigenvalue weighted by Crippen LogP contribution is -2.20. The van der Waals surface area contributed by atoms with Gasteiger partial charge >= 0.3 is 0 Å². The van der Waals surface area contributed by atoms with E-state index in [0.29, 0.717) is 5.92 Å². The summed E-state index contributed by atoms with van der Waals surface area (Å²) < 4.78 is 12.6. The van der Waals surface area contributed by atoms with E-state index in [1.54, 1.807) is 6.08 Å². The summed E-state index contributed by atoms with van der Waals surface area (Å²) in [4.78, 5) is 2.08. The molecule has 1 aliphatic rings. The summed E-state index contributed by atoms with van der Waals surface area (Å²) in [5, 5.41) is 0. The van der Waals surface area contributed by atoms with E-state index in [-0.39, 0.29) is 5.83 Å². The summed E-state index contributed by atoms with van der Waals surface area (Å²) in [5.41, 5.74) is 0. The zero-order chi connectivity index (χ0) is 8.27. The predicted molar refractivity (Wildman–Crippen MR) is 45.0 cm³/mol. The molecule has 0 radical (unpaired) electrons. The highest BCUT2D eigenvalue weighted by molar-refractivity contribution is 5.17. The van der Waals surface area contributed by atoms with Gasteiger partial charge in [0, 0.05) is 6.54 Å². The van der Waals surface area contributed by atoms with Crippen LogP contribution in [0.5, 0.6) is 0 Å². The molecule has 0 aromatic rings. The number of rotatable bonds is 2. The maximum atomic E-state index is 12.6. The minimum Gasteiger partial charge on any atom is -0.309 e. The lowest BCUT2D eigenvalue weighted by atomic mass is 10.0. The Morgan fingerprint density at radius 2 is 2.36 bits per heavy atom. The Hall–Kier alpha value is -0.630. The van der Waals surface area contributed by atoms with Gasteiger partial charge in [-0.3, -0.25) is 0 Å². The first-order chi connectivity index (χ1) is 5.18. The monoisotopic (exact) mass is 155 g/mol. The summed E-state index contributed by atoms with van der Waals surface area (Å²) in [5.74, 6) is 0.262. The first-order valence-corrected chi connectivity index (χ1v) is 3.87. The van der Waals surface area contributed by atoms with Gasteiger partial charge in [-0.2, -0.15) is 0 Å². The molecule has 0 amide bonds. The Kier molecular flexibility index (Phi) is 2.83. The summed E-state index contributed by atoms with van der Waals surface area (Å²) in [6, 6.07) is 0. The molecule has 62 valence electrons. The average Bonchev–Trinajstić information content (AvgIpc) is 1.85. The molecular weight excluding hydrogens is 141 g/mol. The molecule has 0 saturated carbocycles. The smallest absolute Gasteiger partial charge is 0.119 e. The Labute approximate surface area is 67.2 Å². The number of allylic oxidation sites excluding steroid dienone is 3. The van der Waals surface area contributed by atoms with E-state index in [1.807, 2.05) is 20.2 Å². The molecule has 0 fully saturated rings. The molecule has 1 aliphatic carbocycles. The minimum absolute atomic E-state index is 0.0944. The summed E-state index contributed by atoms with van der Waals surface area (Å²) in [7, 11) is 4.01. The van der Waals surface area contributed by atoms with Crippen molar-refractivity contribution in [3.05, 3.63) is 24.1 Å². The van der Waals surface area contributed by atoms with Gasteiger partial charge in [0.1, 0.15) is 5.83 Å². The van der Waals surface area contributed by atoms with Crippen LogP contribution >= 0.6 is 0 Å². The molecule has 0 bridgehead atoms. The van der Waals surface area contributed by atoms with E-state index >= 15 is 0 Å². The fraction of sp³-hybridized carbons (Fsp3) is 0.556. The van der Waals surface area contributed by atoms with E-state index in [9.17, 15) is 4.39 Å². The highest BCUT2D eigenvalue weighted by Gasteiger charge is 2.09. The van der Waals surface area contributed by atoms with Crippen molar-refractivity contribution < 1.29 is 4.39 Å². The largest absolute Gasteiger partial charge is 0.309 e. The van der Waals surface area contributed by atoms with Crippen molar-refractivity contribution in [1.82, 2.24) is 4.90 Å². The number of nitrogens with zero attached hydrogens (tertiary/aromatic N) is 1. The van der Waals surface area contributed by atoms with Gasteiger partial charge < -0.3 is 4.90 Å². The van der Waals surface area contributed by atoms with Crippen molar-refractivity contribution in [2.75, 3.05) is 20.6 Å². The second-order valence-electron chi connectivity index (χ2n) is 3.21. The van der Waals surface area contributed by atoms with E-state index in [1.165, 1.54) is 6.08 Å². The molecular formula is C9H14FN. The maximum Gasteiger partial charge on any atom is 0.119 e. The normalized spacial score (nSPS) is 24.0. The van der Waals surface area contributed by atoms with Crippen molar-refractivity contribution >= 4 is 0 Å². The van der Waals surface area contributed by atoms with Crippen LogP contribution in [0.15, 0.2) is 24.1 Å². The van der Waals surface area contributed by atoms with Gasteiger partial charge in [-0.1, -0.05) is 6.08 Å². The zero-order valence-electron chi connectivity index (χ0n) is 7.05. The molecule has 1 nitrogen and oxygen atoms in total. The fourth-order valence-corrected chi connectivity index (χ4v) is 1.30. The molecule has 0 aromatic heterocycles. The third-order valence-corrected chi connectivity index (χ3v) is 1.71. The maximum absolute atomic E-state index is 12.6. The molecule has 0 heterocycles. The molecule has 1 atom stereocenters. The predicted octanol–water partition coefficient (Wildman–Crippen LogP) is 1.98. The second-order valence-corrected chi connectivity index (χ2v) is 3.21. The molecule has 0 aromatic carbocycles. The molecule has 1 rings (SSSR count). The highest BCUT2D eigenvalue weighted by Crippen LogP contribution is 2.17. The Morgan fingerprint density at radius 3 is 2.91 bits per heavy atom. The topological polar surface area (TPSA) is 3.24 Å². The standard InChI is InChI=1S/C9H14FN/c1-11(2)7-8-4-3-5-9(10)6-8/h3,5-6,8H,4,7H2,1-2H3. The lowest BCUT2D eigenvalue weighted by Gasteiger charge is -2.18. The zero-order valence-corrected chi connectivity index (χ0v) is 7.05. The first kappa shape index (κ1) is 8.47. The van der Waals surface area contributed by atoms with Crippen LogP contribution in [0.4, 0.5) is 4.39 Å². The van der Waals surface area contributed by atoms with Crippen molar-refractivity contribution in [2.24, 2.45) is 5.92 Å². The van der Waals surface area contributed by atoms with Crippen LogP contribution in [0, 0.1) is 5.92 Å². The van der Waals surface area contributed by atoms with E-state index < -0.39 is 0 Å². The molecule has 0 N–H and O–H groups in total. The Bertz CT molecular complexity index is 182. The van der Waals surface area contributed by atoms with Gasteiger partial charge in [0.05, 0.1) is 0 Å². The third-order valence-electron chi connectivity index (χ3n) is 1.71. The van der Waals surface area contributed by atoms with E-state index in [2.05, 4.69) is 4.90 Å². The van der Waals surface area contributed by atoms with E-state index in [4.69, 9.17) is 0 Å². The number of halogens is 1. The van der Waals surface area contributed by atoms with Crippen LogP contribution in [0.1, 0.15) is 6.42 Å².